The van der Waals surface area contributed by atoms with Crippen LogP contribution in [0.3, 0.4) is 0 Å². The second-order valence-electron chi connectivity index (χ2n) is 0.141. The maximum absolute atomic E-state index is 7.08. The molecule has 0 saturated carbocycles. The fraction of sp³-hybridized carbons (Fsp3) is 0.250. The number of hydrogen-bond acceptors (Lipinski definition) is 6. The maximum atomic E-state index is 7.08. The molecule has 81 valence electrons. The van der Waals surface area contributed by atoms with E-state index in [0.29, 0.717) is 0 Å². The van der Waals surface area contributed by atoms with Crippen molar-refractivity contribution in [1.82, 2.24) is 0 Å². The molecule has 13 heavy (non-hydrogen) atoms. The van der Waals surface area contributed by atoms with Crippen LogP contribution >= 0.6 is 0 Å². The average molecular weight is 399 g/mol. The molecule has 0 aliphatic carbocycles. The number of nitrogens with zero attached hydrogens (tertiary/aromatic N) is 2. The monoisotopic (exact) mass is 399 g/mol. The van der Waals surface area contributed by atoms with Crippen molar-refractivity contribution in [3.63, 3.8) is 0 Å². The second kappa shape index (κ2) is 9810. The number of nitrogens with one attached hydrogen (secondary N) is 3. The molecule has 4 N–H and O–H groups in total. The summed E-state index contributed by atoms with van der Waals surface area (Å²) in [5.41, 5.74) is 0. The Labute approximate surface area is 107 Å². The Morgan fingerprint density at radius 3 is 2.00 bits per heavy atom. The first-order chi connectivity index (χ1) is 6.66. The van der Waals surface area contributed by atoms with Gasteiger partial charge in [0.05, 0.1) is 11.2 Å². The molecule has 0 aromatic rings. The van der Waals surface area contributed by atoms with E-state index in [9.17, 15) is 0 Å². The summed E-state index contributed by atoms with van der Waals surface area (Å²) in [5.74, 6) is 0. The summed E-state index contributed by atoms with van der Waals surface area (Å²) >= 11 is 0. The van der Waals surface area contributed by atoms with Crippen molar-refractivity contribution in [1.29, 1.82) is 22.0 Å². The number of oxime groups is 1. The average Bonchev–Trinajstić information content (AvgIpc) is 2.12. The van der Waals surface area contributed by atoms with E-state index in [-0.39, 0.29) is 31.3 Å². The summed E-state index contributed by atoms with van der Waals surface area (Å²) in [4.78, 5) is 0. The van der Waals surface area contributed by atoms with Crippen molar-refractivity contribution in [3.05, 3.63) is 0 Å². The van der Waals surface area contributed by atoms with E-state index < -0.39 is 9.97 Å². The molecule has 0 aromatic heterocycles. The fourth-order valence-corrected chi connectivity index (χ4v) is 0. The van der Waals surface area contributed by atoms with Crippen LogP contribution in [0, 0.1) is 27.3 Å². The van der Waals surface area contributed by atoms with Gasteiger partial charge in [-0.15, -0.1) is 5.16 Å². The molecule has 0 saturated heterocycles. The molecule has 0 fully saturated rings. The Morgan fingerprint density at radius 2 is 2.00 bits per heavy atom. The Morgan fingerprint density at radius 1 is 2.00 bits per heavy atom. The largest absolute Gasteiger partial charge is 0.411 e. The minimum atomic E-state index is -0.750. The van der Waals surface area contributed by atoms with Gasteiger partial charge in [0.15, 0.2) is 2.78 Å². The molecule has 0 aliphatic rings. The van der Waals surface area contributed by atoms with Crippen LogP contribution in [-0.2, 0) is 21.1 Å². The van der Waals surface area contributed by atoms with Gasteiger partial charge in [0, 0.05) is 37.2 Å². The third-order valence-electron chi connectivity index (χ3n) is 0. The molecule has 0 spiro atoms. The first-order valence-electron chi connectivity index (χ1n) is 3.16. The quantitative estimate of drug-likeness (QED) is 0.206. The van der Waals surface area contributed by atoms with Crippen LogP contribution in [-0.4, -0.2) is 39.9 Å². The molecule has 0 heterocycles. The molecule has 1 radical (unpaired) electrons. The van der Waals surface area contributed by atoms with Gasteiger partial charge < -0.3 is 20.7 Å². The van der Waals surface area contributed by atoms with Crippen LogP contribution in [0.25, 0.3) is 0 Å². The van der Waals surface area contributed by atoms with Crippen LogP contribution in [0.5, 0.6) is 0 Å². The Bertz CT molecular complexity index is 140. The topological polar surface area (TPSA) is 128 Å². The summed E-state index contributed by atoms with van der Waals surface area (Å²) in [5, 5.41) is 30.4. The second-order valence-corrected chi connectivity index (χ2v) is 0.141. The number of nitriles is 1. The van der Waals surface area contributed by atoms with Crippen LogP contribution < -0.4 is 0 Å². The van der Waals surface area contributed by atoms with Gasteiger partial charge in [-0.05, 0) is 6.72 Å². The van der Waals surface area contributed by atoms with Crippen molar-refractivity contribution in [3.8, 4) is 6.55 Å². The van der Waals surface area contributed by atoms with Crippen LogP contribution in [0.15, 0.2) is 5.16 Å². The van der Waals surface area contributed by atoms with Gasteiger partial charge in [-0.25, -0.2) is 5.26 Å². The zero-order valence-electron chi connectivity index (χ0n) is 9.27. The van der Waals surface area contributed by atoms with Gasteiger partial charge in [0.1, 0.15) is 10.0 Å². The summed E-state index contributed by atoms with van der Waals surface area (Å²) in [7, 11) is 0.917. The molecular weight excluding hydrogens is 374 g/mol. The predicted molar refractivity (Wildman–Crippen MR) is 59.9 cm³/mol. The van der Waals surface area contributed by atoms with Crippen LogP contribution in [0.2, 0.25) is 1.41 Å². The van der Waals surface area contributed by atoms with E-state index in [1.807, 2.05) is 0 Å². The minimum absolute atomic E-state index is 0. The third-order valence-corrected chi connectivity index (χ3v) is 0. The SMILES string of the molecule is C.C=NO.N=[SiH].[2H][SiH]=N.[3H]C#N.[3H]N=C.[HH].[HH].[W]. The van der Waals surface area contributed by atoms with Gasteiger partial charge in [0.2, 0.25) is 0 Å². The van der Waals surface area contributed by atoms with Crippen molar-refractivity contribution in [2.45, 2.75) is 7.43 Å². The first-order valence-corrected chi connectivity index (χ1v) is 2.79. The molecule has 0 unspecified atom stereocenters. The van der Waals surface area contributed by atoms with Crippen LogP contribution in [0.4, 0.5) is 0 Å². The van der Waals surface area contributed by atoms with Crippen molar-refractivity contribution < 1.29 is 31.9 Å². The van der Waals surface area contributed by atoms with Gasteiger partial charge in [-0.1, -0.05) is 7.43 Å². The van der Waals surface area contributed by atoms with Crippen molar-refractivity contribution in [2.75, 3.05) is 0 Å². The Hall–Kier alpha value is -0.648. The van der Waals surface area contributed by atoms with E-state index in [0.717, 1.165) is 6.55 Å². The van der Waals surface area contributed by atoms with E-state index in [2.05, 4.69) is 24.0 Å². The van der Waals surface area contributed by atoms with Crippen molar-refractivity contribution >= 4 is 33.4 Å². The van der Waals surface area contributed by atoms with E-state index in [4.69, 9.17) is 24.6 Å². The molecular formula is C4H20N5OSi2W. The Kier molecular flexibility index (Phi) is 17200. The van der Waals surface area contributed by atoms with Crippen LogP contribution in [0.1, 0.15) is 11.7 Å². The van der Waals surface area contributed by atoms with Gasteiger partial charge in [-0.2, -0.15) is 0 Å². The zero-order valence-corrected chi connectivity index (χ0v) is 11.5. The fourth-order valence-electron chi connectivity index (χ4n) is 0. The van der Waals surface area contributed by atoms with Crippen molar-refractivity contribution in [2.24, 2.45) is 5.16 Å². The van der Waals surface area contributed by atoms with E-state index >= 15 is 0 Å². The summed E-state index contributed by atoms with van der Waals surface area (Å²) in [6.07, 6.45) is 0. The van der Waals surface area contributed by atoms with Gasteiger partial charge in [-0.3, -0.25) is 0 Å². The van der Waals surface area contributed by atoms with Gasteiger partial charge >= 0.3 is 0 Å². The normalized spacial score (nSPS) is 4.08. The summed E-state index contributed by atoms with van der Waals surface area (Å²) < 4.78 is 17.2. The zero-order chi connectivity index (χ0) is 12.8. The molecule has 0 amide bonds. The summed E-state index contributed by atoms with van der Waals surface area (Å²) in [6.45, 7) is 6.44. The molecule has 0 rings (SSSR count). The predicted octanol–water partition coefficient (Wildman–Crippen LogP) is 0.639. The minimum Gasteiger partial charge on any atom is -0.411 e. The third kappa shape index (κ3) is 2370. The molecule has 6 nitrogen and oxygen atoms in total. The molecule has 0 aromatic carbocycles. The molecule has 0 atom stereocenters. The molecule has 9 heteroatoms. The van der Waals surface area contributed by atoms with Gasteiger partial charge in [0.25, 0.3) is 0 Å². The smallest absolute Gasteiger partial charge is 0.186 e. The maximum Gasteiger partial charge on any atom is 0.186 e. The Balaban J connectivity index is -0.00000000766. The van der Waals surface area contributed by atoms with E-state index in [1.54, 1.807) is 10.0 Å². The number of hydrogen-bond donors (Lipinski definition) is 4. The standard InChI is InChI=1S/CH3NO.CH3N.CHN.CH4.H3NSi.H2NSi.W.2H2/c1-2-3;2*1-2;;2*1-2;;;/h3H,1H2;2H,1H2;1H;1H4;1H,2H2;1-2H;;2*1H/i;;1T;;2D;;;;/hT. The first kappa shape index (κ1) is 22.8. The van der Waals surface area contributed by atoms with E-state index in [1.165, 1.54) is 0 Å². The molecule has 0 aliphatic heterocycles. The number of rotatable bonds is 0. The summed E-state index contributed by atoms with van der Waals surface area (Å²) in [6, 6.07) is 0. The molecule has 0 bridgehead atoms.